The minimum absolute atomic E-state index is 0.0531. The molecule has 3 heterocycles. The first kappa shape index (κ1) is 23.1. The van der Waals surface area contributed by atoms with Crippen LogP contribution in [0, 0.1) is 5.21 Å². The number of para-hydroxylation sites is 2. The van der Waals surface area contributed by atoms with Gasteiger partial charge >= 0.3 is 0 Å². The molecule has 4 aromatic rings. The highest BCUT2D eigenvalue weighted by Gasteiger charge is 2.48. The van der Waals surface area contributed by atoms with Gasteiger partial charge in [-0.1, -0.05) is 48.5 Å². The van der Waals surface area contributed by atoms with Gasteiger partial charge in [-0.3, -0.25) is 14.8 Å². The van der Waals surface area contributed by atoms with E-state index in [-0.39, 0.29) is 35.8 Å². The summed E-state index contributed by atoms with van der Waals surface area (Å²) in [5.74, 6) is 0.386. The summed E-state index contributed by atoms with van der Waals surface area (Å²) in [6.07, 6.45) is 0.395. The van der Waals surface area contributed by atoms with Crippen LogP contribution in [0.2, 0.25) is 0 Å². The SMILES string of the molecule is COc1ccccc1CN1CC(=O)N2C(Cc3c([nH]c4ccccc34)C2c2ccc(N([O-])O)cc2)C1=O. The van der Waals surface area contributed by atoms with Crippen LogP contribution in [0.15, 0.2) is 72.8 Å². The molecule has 2 N–H and O–H groups in total. The lowest BCUT2D eigenvalue weighted by Crippen LogP contribution is -2.62. The van der Waals surface area contributed by atoms with Crippen LogP contribution < -0.4 is 9.96 Å². The van der Waals surface area contributed by atoms with Gasteiger partial charge in [0.2, 0.25) is 11.8 Å². The Morgan fingerprint density at radius 2 is 1.78 bits per heavy atom. The number of piperazine rings is 1. The van der Waals surface area contributed by atoms with Gasteiger partial charge in [0.25, 0.3) is 0 Å². The molecule has 2 atom stereocenters. The first-order valence-corrected chi connectivity index (χ1v) is 12.0. The van der Waals surface area contributed by atoms with E-state index in [4.69, 9.17) is 4.74 Å². The van der Waals surface area contributed by atoms with E-state index in [0.29, 0.717) is 12.2 Å². The third-order valence-electron chi connectivity index (χ3n) is 7.33. The Hall–Kier alpha value is -4.34. The normalized spacial score (nSPS) is 19.1. The lowest BCUT2D eigenvalue weighted by molar-refractivity contribution is -0.159. The fraction of sp³-hybridized carbons (Fsp3) is 0.214. The van der Waals surface area contributed by atoms with Gasteiger partial charge in [0.1, 0.15) is 18.3 Å². The molecule has 37 heavy (non-hydrogen) atoms. The van der Waals surface area contributed by atoms with Crippen molar-refractivity contribution in [2.24, 2.45) is 0 Å². The molecule has 2 unspecified atom stereocenters. The monoisotopic (exact) mass is 497 g/mol. The Morgan fingerprint density at radius 1 is 1.05 bits per heavy atom. The number of benzene rings is 3. The van der Waals surface area contributed by atoms with E-state index < -0.39 is 12.1 Å². The van der Waals surface area contributed by atoms with Gasteiger partial charge < -0.3 is 30.0 Å². The van der Waals surface area contributed by atoms with E-state index in [9.17, 15) is 20.0 Å². The Bertz CT molecular complexity index is 1500. The van der Waals surface area contributed by atoms with Crippen molar-refractivity contribution in [3.05, 3.63) is 100 Å². The van der Waals surface area contributed by atoms with Gasteiger partial charge in [0.15, 0.2) is 0 Å². The van der Waals surface area contributed by atoms with E-state index in [2.05, 4.69) is 4.98 Å². The molecule has 0 spiro atoms. The number of carbonyl (C=O) groups excluding carboxylic acids is 2. The molecule has 3 aromatic carbocycles. The Balaban J connectivity index is 1.43. The molecule has 9 nitrogen and oxygen atoms in total. The van der Waals surface area contributed by atoms with Crippen LogP contribution in [0.4, 0.5) is 5.69 Å². The summed E-state index contributed by atoms with van der Waals surface area (Å²) in [7, 11) is 1.59. The maximum absolute atomic E-state index is 13.9. The van der Waals surface area contributed by atoms with E-state index in [1.54, 1.807) is 29.0 Å². The van der Waals surface area contributed by atoms with Crippen molar-refractivity contribution < 1.29 is 19.5 Å². The van der Waals surface area contributed by atoms with Crippen molar-refractivity contribution in [3.8, 4) is 5.75 Å². The van der Waals surface area contributed by atoms with E-state index in [0.717, 1.165) is 33.3 Å². The predicted molar refractivity (Wildman–Crippen MR) is 137 cm³/mol. The summed E-state index contributed by atoms with van der Waals surface area (Å²) in [6, 6.07) is 20.6. The van der Waals surface area contributed by atoms with Crippen LogP contribution in [-0.4, -0.2) is 51.5 Å². The van der Waals surface area contributed by atoms with Crippen LogP contribution in [0.3, 0.4) is 0 Å². The average Bonchev–Trinajstić information content (AvgIpc) is 3.29. The second kappa shape index (κ2) is 8.95. The summed E-state index contributed by atoms with van der Waals surface area (Å²) in [5.41, 5.74) is 4.44. The quantitative estimate of drug-likeness (QED) is 0.406. The zero-order valence-corrected chi connectivity index (χ0v) is 20.1. The third kappa shape index (κ3) is 3.80. The molecule has 6 rings (SSSR count). The second-order valence-electron chi connectivity index (χ2n) is 9.36. The van der Waals surface area contributed by atoms with Crippen LogP contribution in [0.25, 0.3) is 10.9 Å². The summed E-state index contributed by atoms with van der Waals surface area (Å²) in [6.45, 7) is 0.220. The largest absolute Gasteiger partial charge is 0.733 e. The van der Waals surface area contributed by atoms with Gasteiger partial charge in [-0.25, -0.2) is 0 Å². The molecule has 9 heteroatoms. The van der Waals surface area contributed by atoms with Crippen LogP contribution in [0.5, 0.6) is 5.75 Å². The van der Waals surface area contributed by atoms with Crippen molar-refractivity contribution in [1.82, 2.24) is 14.8 Å². The number of fused-ring (bicyclic) bond motifs is 4. The molecule has 0 aliphatic carbocycles. The Kier molecular flexibility index (Phi) is 5.58. The molecular weight excluding hydrogens is 472 g/mol. The van der Waals surface area contributed by atoms with E-state index in [1.165, 1.54) is 12.1 Å². The molecule has 0 radical (unpaired) electrons. The third-order valence-corrected chi connectivity index (χ3v) is 7.33. The second-order valence-corrected chi connectivity index (χ2v) is 9.36. The van der Waals surface area contributed by atoms with Crippen molar-refractivity contribution in [1.29, 1.82) is 0 Å². The fourth-order valence-electron chi connectivity index (χ4n) is 5.63. The van der Waals surface area contributed by atoms with Gasteiger partial charge in [0.05, 0.1) is 18.8 Å². The molecule has 2 amide bonds. The first-order chi connectivity index (χ1) is 18.0. The van der Waals surface area contributed by atoms with Gasteiger partial charge in [0, 0.05) is 35.1 Å². The van der Waals surface area contributed by atoms with Crippen molar-refractivity contribution >= 4 is 28.4 Å². The molecule has 0 saturated carbocycles. The number of rotatable bonds is 5. The fourth-order valence-corrected chi connectivity index (χ4v) is 5.63. The number of hydrogen-bond donors (Lipinski definition) is 2. The number of aromatic nitrogens is 1. The highest BCUT2D eigenvalue weighted by atomic mass is 16.8. The minimum Gasteiger partial charge on any atom is -0.733 e. The lowest BCUT2D eigenvalue weighted by atomic mass is 9.86. The number of ether oxygens (including phenoxy) is 1. The topological polar surface area (TPSA) is 112 Å². The number of methoxy groups -OCH3 is 1. The van der Waals surface area contributed by atoms with E-state index in [1.807, 2.05) is 48.5 Å². The zero-order valence-electron chi connectivity index (χ0n) is 20.1. The molecule has 2 aliphatic rings. The number of carbonyl (C=O) groups is 2. The van der Waals surface area contributed by atoms with E-state index >= 15 is 0 Å². The van der Waals surface area contributed by atoms with Crippen molar-refractivity contribution in [3.63, 3.8) is 0 Å². The summed E-state index contributed by atoms with van der Waals surface area (Å²) in [5, 5.41) is 21.4. The summed E-state index contributed by atoms with van der Waals surface area (Å²) in [4.78, 5) is 34.3. The number of nitrogens with zero attached hydrogens (tertiary/aromatic N) is 3. The molecule has 1 fully saturated rings. The Morgan fingerprint density at radius 3 is 2.54 bits per heavy atom. The molecule has 0 bridgehead atoms. The number of hydrogen-bond acceptors (Lipinski definition) is 6. The molecule has 1 saturated heterocycles. The maximum Gasteiger partial charge on any atom is 0.246 e. The van der Waals surface area contributed by atoms with Gasteiger partial charge in [-0.2, -0.15) is 0 Å². The highest BCUT2D eigenvalue weighted by Crippen LogP contribution is 2.43. The first-order valence-electron chi connectivity index (χ1n) is 12.0. The average molecular weight is 498 g/mol. The number of anilines is 1. The van der Waals surface area contributed by atoms with Crippen molar-refractivity contribution in [2.45, 2.75) is 25.0 Å². The zero-order chi connectivity index (χ0) is 25.7. The van der Waals surface area contributed by atoms with Crippen LogP contribution in [0.1, 0.15) is 28.4 Å². The maximum atomic E-state index is 13.9. The number of nitrogens with one attached hydrogen (secondary N) is 1. The minimum atomic E-state index is -0.679. The highest BCUT2D eigenvalue weighted by molar-refractivity contribution is 5.97. The Labute approximate surface area is 213 Å². The lowest BCUT2D eigenvalue weighted by Gasteiger charge is -2.47. The molecule has 2 aliphatic heterocycles. The standard InChI is InChI=1S/C28H25N4O5/c1-37-24-9-5-2-6-18(24)15-30-16-25(33)31-23(28(30)34)14-21-20-7-3-4-8-22(20)29-26(21)27(31)17-10-12-19(13-11-17)32(35)36/h2-13,23,27,29,35H,14-16H2,1H3/q-1. The summed E-state index contributed by atoms with van der Waals surface area (Å²) < 4.78 is 5.46. The number of amides is 2. The number of aromatic amines is 1. The van der Waals surface area contributed by atoms with Crippen LogP contribution >= 0.6 is 0 Å². The predicted octanol–water partition coefficient (Wildman–Crippen LogP) is 3.76. The smallest absolute Gasteiger partial charge is 0.246 e. The van der Waals surface area contributed by atoms with Crippen LogP contribution in [-0.2, 0) is 22.6 Å². The molecule has 188 valence electrons. The molecule has 1 aromatic heterocycles. The summed E-state index contributed by atoms with van der Waals surface area (Å²) >= 11 is 0. The van der Waals surface area contributed by atoms with Gasteiger partial charge in [-0.05, 0) is 35.4 Å². The molecular formula is C28H25N4O5-. The van der Waals surface area contributed by atoms with Gasteiger partial charge in [-0.15, -0.1) is 0 Å². The number of H-pyrrole nitrogens is 1. The van der Waals surface area contributed by atoms with Crippen molar-refractivity contribution in [2.75, 3.05) is 18.9 Å².